The van der Waals surface area contributed by atoms with Gasteiger partial charge in [-0.15, -0.1) is 0 Å². The fourth-order valence-corrected chi connectivity index (χ4v) is 2.39. The minimum Gasteiger partial charge on any atom is -0.493 e. The number of methoxy groups -OCH3 is 3. The number of ether oxygens (including phenoxy) is 4. The van der Waals surface area contributed by atoms with Crippen molar-refractivity contribution >= 4 is 23.3 Å². The van der Waals surface area contributed by atoms with Crippen molar-refractivity contribution in [2.24, 2.45) is 0 Å². The van der Waals surface area contributed by atoms with Crippen LogP contribution in [0.25, 0.3) is 0 Å². The van der Waals surface area contributed by atoms with Crippen LogP contribution in [0.3, 0.4) is 0 Å². The minimum absolute atomic E-state index is 0.106. The number of anilines is 1. The molecule has 1 amide bonds. The van der Waals surface area contributed by atoms with Gasteiger partial charge in [-0.2, -0.15) is 0 Å². The third kappa shape index (κ3) is 5.12. The van der Waals surface area contributed by atoms with Crippen molar-refractivity contribution < 1.29 is 33.5 Å². The summed E-state index contributed by atoms with van der Waals surface area (Å²) in [6, 6.07) is 8.08. The number of benzene rings is 2. The Balaban J connectivity index is 2.09. The zero-order chi connectivity index (χ0) is 21.6. The molecular weight excluding hydrogens is 384 g/mol. The SMILES string of the molecule is COc1cc(C(=O)O[C@@H](C)C(=O)Nc2ccc([N+](=O)[O-])cc2)cc(OC)c1OC. The molecule has 0 unspecified atom stereocenters. The van der Waals surface area contributed by atoms with Crippen LogP contribution in [0.4, 0.5) is 11.4 Å². The standard InChI is InChI=1S/C19H20N2O8/c1-11(18(22)20-13-5-7-14(8-6-13)21(24)25)29-19(23)12-9-15(26-2)17(28-4)16(10-12)27-3/h5-11H,1-4H3,(H,20,22)/t11-/m0/s1. The van der Waals surface area contributed by atoms with Crippen LogP contribution in [0.1, 0.15) is 17.3 Å². The maximum Gasteiger partial charge on any atom is 0.339 e. The second-order valence-electron chi connectivity index (χ2n) is 5.75. The smallest absolute Gasteiger partial charge is 0.339 e. The quantitative estimate of drug-likeness (QED) is 0.404. The largest absolute Gasteiger partial charge is 0.493 e. The van der Waals surface area contributed by atoms with Gasteiger partial charge in [0, 0.05) is 17.8 Å². The molecule has 0 fully saturated rings. The summed E-state index contributed by atoms with van der Waals surface area (Å²) in [5.41, 5.74) is 0.329. The highest BCUT2D eigenvalue weighted by atomic mass is 16.6. The number of hydrogen-bond donors (Lipinski definition) is 1. The van der Waals surface area contributed by atoms with Crippen LogP contribution in [-0.2, 0) is 9.53 Å². The number of nitrogens with zero attached hydrogens (tertiary/aromatic N) is 1. The van der Waals surface area contributed by atoms with E-state index in [-0.39, 0.29) is 22.7 Å². The average Bonchev–Trinajstić information content (AvgIpc) is 2.72. The number of amides is 1. The predicted octanol–water partition coefficient (Wildman–Crippen LogP) is 2.80. The monoisotopic (exact) mass is 404 g/mol. The molecule has 0 aliphatic heterocycles. The molecule has 2 aromatic carbocycles. The van der Waals surface area contributed by atoms with Crippen LogP contribution in [0.2, 0.25) is 0 Å². The summed E-state index contributed by atoms with van der Waals surface area (Å²) < 4.78 is 20.8. The van der Waals surface area contributed by atoms with Gasteiger partial charge in [0.25, 0.3) is 11.6 Å². The van der Waals surface area contributed by atoms with Crippen molar-refractivity contribution in [3.63, 3.8) is 0 Å². The predicted molar refractivity (Wildman–Crippen MR) is 103 cm³/mol. The van der Waals surface area contributed by atoms with Gasteiger partial charge in [0.15, 0.2) is 17.6 Å². The summed E-state index contributed by atoms with van der Waals surface area (Å²) in [5, 5.41) is 13.2. The molecule has 0 aliphatic rings. The van der Waals surface area contributed by atoms with E-state index in [1.54, 1.807) is 0 Å². The summed E-state index contributed by atoms with van der Waals surface area (Å²) in [6.07, 6.45) is -1.13. The van der Waals surface area contributed by atoms with Crippen molar-refractivity contribution in [2.45, 2.75) is 13.0 Å². The van der Waals surface area contributed by atoms with Crippen molar-refractivity contribution in [3.8, 4) is 17.2 Å². The fraction of sp³-hybridized carbons (Fsp3) is 0.263. The van der Waals surface area contributed by atoms with E-state index < -0.39 is 22.9 Å². The van der Waals surface area contributed by atoms with Gasteiger partial charge in [-0.05, 0) is 31.2 Å². The molecule has 0 saturated heterocycles. The van der Waals surface area contributed by atoms with E-state index in [4.69, 9.17) is 18.9 Å². The highest BCUT2D eigenvalue weighted by Crippen LogP contribution is 2.38. The van der Waals surface area contributed by atoms with Gasteiger partial charge in [0.1, 0.15) is 0 Å². The first-order chi connectivity index (χ1) is 13.8. The fourth-order valence-electron chi connectivity index (χ4n) is 2.39. The van der Waals surface area contributed by atoms with Gasteiger partial charge in [-0.1, -0.05) is 0 Å². The number of carbonyl (C=O) groups excluding carboxylic acids is 2. The van der Waals surface area contributed by atoms with Gasteiger partial charge < -0.3 is 24.3 Å². The van der Waals surface area contributed by atoms with Crippen molar-refractivity contribution in [2.75, 3.05) is 26.6 Å². The van der Waals surface area contributed by atoms with Crippen LogP contribution < -0.4 is 19.5 Å². The molecule has 0 aliphatic carbocycles. The Morgan fingerprint density at radius 2 is 1.55 bits per heavy atom. The van der Waals surface area contributed by atoms with E-state index in [0.717, 1.165) is 0 Å². The maximum absolute atomic E-state index is 12.4. The summed E-state index contributed by atoms with van der Waals surface area (Å²) in [7, 11) is 4.25. The second kappa shape index (κ2) is 9.40. The Kier molecular flexibility index (Phi) is 6.96. The Morgan fingerprint density at radius 3 is 2.00 bits per heavy atom. The third-order valence-electron chi connectivity index (χ3n) is 3.90. The van der Waals surface area contributed by atoms with Gasteiger partial charge in [-0.3, -0.25) is 14.9 Å². The lowest BCUT2D eigenvalue weighted by molar-refractivity contribution is -0.384. The van der Waals surface area contributed by atoms with Crippen LogP contribution >= 0.6 is 0 Å². The van der Waals surface area contributed by atoms with Crippen LogP contribution in [-0.4, -0.2) is 44.2 Å². The first-order valence-electron chi connectivity index (χ1n) is 8.37. The molecule has 0 aromatic heterocycles. The lowest BCUT2D eigenvalue weighted by atomic mass is 10.2. The Bertz CT molecular complexity index is 886. The molecule has 0 radical (unpaired) electrons. The lowest BCUT2D eigenvalue weighted by Crippen LogP contribution is -2.30. The summed E-state index contributed by atoms with van der Waals surface area (Å²) >= 11 is 0. The highest BCUT2D eigenvalue weighted by Gasteiger charge is 2.22. The Labute approximate surface area is 166 Å². The molecule has 2 aromatic rings. The lowest BCUT2D eigenvalue weighted by Gasteiger charge is -2.16. The first-order valence-corrected chi connectivity index (χ1v) is 8.37. The highest BCUT2D eigenvalue weighted by molar-refractivity contribution is 5.97. The summed E-state index contributed by atoms with van der Waals surface area (Å²) in [6.45, 7) is 1.40. The topological polar surface area (TPSA) is 126 Å². The van der Waals surface area contributed by atoms with E-state index in [1.807, 2.05) is 0 Å². The summed E-state index contributed by atoms with van der Waals surface area (Å²) in [5.74, 6) is -0.519. The number of carbonyl (C=O) groups is 2. The Hall–Kier alpha value is -3.82. The molecule has 1 N–H and O–H groups in total. The average molecular weight is 404 g/mol. The van der Waals surface area contributed by atoms with E-state index in [9.17, 15) is 19.7 Å². The summed E-state index contributed by atoms with van der Waals surface area (Å²) in [4.78, 5) is 34.8. The number of hydrogen-bond acceptors (Lipinski definition) is 8. The first kappa shape index (κ1) is 21.5. The van der Waals surface area contributed by atoms with Crippen molar-refractivity contribution in [1.82, 2.24) is 0 Å². The third-order valence-corrected chi connectivity index (χ3v) is 3.90. The zero-order valence-corrected chi connectivity index (χ0v) is 16.3. The van der Waals surface area contributed by atoms with E-state index >= 15 is 0 Å². The van der Waals surface area contributed by atoms with E-state index in [1.165, 1.54) is 64.7 Å². The maximum atomic E-state index is 12.4. The molecule has 0 bridgehead atoms. The molecule has 10 heteroatoms. The number of nitrogens with one attached hydrogen (secondary N) is 1. The number of rotatable bonds is 8. The van der Waals surface area contributed by atoms with Crippen molar-refractivity contribution in [1.29, 1.82) is 0 Å². The number of non-ortho nitro benzene ring substituents is 1. The van der Waals surface area contributed by atoms with Crippen LogP contribution in [0.15, 0.2) is 36.4 Å². The molecular formula is C19H20N2O8. The molecule has 0 heterocycles. The van der Waals surface area contributed by atoms with E-state index in [0.29, 0.717) is 11.4 Å². The van der Waals surface area contributed by atoms with Crippen molar-refractivity contribution in [3.05, 3.63) is 52.1 Å². The van der Waals surface area contributed by atoms with E-state index in [2.05, 4.69) is 5.32 Å². The molecule has 29 heavy (non-hydrogen) atoms. The molecule has 0 spiro atoms. The molecule has 154 valence electrons. The zero-order valence-electron chi connectivity index (χ0n) is 16.3. The Morgan fingerprint density at radius 1 is 1.00 bits per heavy atom. The van der Waals surface area contributed by atoms with Crippen LogP contribution in [0.5, 0.6) is 17.2 Å². The van der Waals surface area contributed by atoms with Gasteiger partial charge in [-0.25, -0.2) is 4.79 Å². The van der Waals surface area contributed by atoms with Gasteiger partial charge in [0.2, 0.25) is 5.75 Å². The molecule has 10 nitrogen and oxygen atoms in total. The number of nitro benzene ring substituents is 1. The molecule has 0 saturated carbocycles. The van der Waals surface area contributed by atoms with Gasteiger partial charge >= 0.3 is 5.97 Å². The molecule has 1 atom stereocenters. The van der Waals surface area contributed by atoms with Gasteiger partial charge in [0.05, 0.1) is 31.8 Å². The van der Waals surface area contributed by atoms with Crippen LogP contribution in [0, 0.1) is 10.1 Å². The molecule has 2 rings (SSSR count). The normalized spacial score (nSPS) is 11.2. The second-order valence-corrected chi connectivity index (χ2v) is 5.75. The minimum atomic E-state index is -1.13. The number of nitro groups is 1. The number of esters is 1.